The van der Waals surface area contributed by atoms with Crippen molar-refractivity contribution in [1.29, 1.82) is 0 Å². The van der Waals surface area contributed by atoms with Crippen LogP contribution in [0.5, 0.6) is 0 Å². The number of nitrogens with zero attached hydrogens (tertiary/aromatic N) is 4. The van der Waals surface area contributed by atoms with E-state index in [-0.39, 0.29) is 11.9 Å². The molecular formula is C26H31N5O. The van der Waals surface area contributed by atoms with Crippen molar-refractivity contribution >= 4 is 11.9 Å². The van der Waals surface area contributed by atoms with Crippen LogP contribution in [-0.4, -0.2) is 40.0 Å². The minimum atomic E-state index is 0.132. The second-order valence-electron chi connectivity index (χ2n) is 8.67. The van der Waals surface area contributed by atoms with E-state index in [0.29, 0.717) is 12.3 Å². The molecule has 1 saturated heterocycles. The van der Waals surface area contributed by atoms with Crippen LogP contribution >= 0.6 is 0 Å². The third-order valence-corrected chi connectivity index (χ3v) is 5.97. The zero-order chi connectivity index (χ0) is 22.3. The largest absolute Gasteiger partial charge is 0.353 e. The van der Waals surface area contributed by atoms with E-state index >= 15 is 0 Å². The normalized spacial score (nSPS) is 14.5. The summed E-state index contributed by atoms with van der Waals surface area (Å²) < 4.78 is 0. The Balaban J connectivity index is 1.33. The van der Waals surface area contributed by atoms with Crippen molar-refractivity contribution in [3.8, 4) is 11.1 Å². The Labute approximate surface area is 190 Å². The van der Waals surface area contributed by atoms with Gasteiger partial charge in [-0.05, 0) is 48.4 Å². The Kier molecular flexibility index (Phi) is 7.10. The van der Waals surface area contributed by atoms with E-state index in [1.165, 1.54) is 5.56 Å². The second kappa shape index (κ2) is 10.4. The van der Waals surface area contributed by atoms with E-state index in [1.54, 1.807) is 12.4 Å². The van der Waals surface area contributed by atoms with Crippen LogP contribution < -0.4 is 10.2 Å². The summed E-state index contributed by atoms with van der Waals surface area (Å²) in [6, 6.07) is 14.4. The van der Waals surface area contributed by atoms with Crippen molar-refractivity contribution in [2.75, 3.05) is 18.0 Å². The van der Waals surface area contributed by atoms with Gasteiger partial charge in [0, 0.05) is 49.7 Å². The number of benzene rings is 1. The maximum Gasteiger partial charge on any atom is 0.225 e. The van der Waals surface area contributed by atoms with Crippen LogP contribution in [0.1, 0.15) is 50.3 Å². The molecule has 6 nitrogen and oxygen atoms in total. The lowest BCUT2D eigenvalue weighted by molar-refractivity contribution is -0.121. The number of nitrogens with one attached hydrogen (secondary N) is 1. The fraction of sp³-hybridized carbons (Fsp3) is 0.385. The molecule has 1 fully saturated rings. The van der Waals surface area contributed by atoms with Gasteiger partial charge in [-0.3, -0.25) is 9.78 Å². The molecule has 0 bridgehead atoms. The molecule has 3 heterocycles. The molecule has 2 aromatic heterocycles. The minimum absolute atomic E-state index is 0.132. The van der Waals surface area contributed by atoms with Crippen LogP contribution in [0.2, 0.25) is 0 Å². The summed E-state index contributed by atoms with van der Waals surface area (Å²) in [5.74, 6) is 1.20. The molecule has 1 amide bonds. The zero-order valence-electron chi connectivity index (χ0n) is 18.9. The summed E-state index contributed by atoms with van der Waals surface area (Å²) in [5, 5.41) is 3.21. The van der Waals surface area contributed by atoms with Crippen molar-refractivity contribution in [3.05, 3.63) is 72.3 Å². The molecule has 1 aliphatic rings. The smallest absolute Gasteiger partial charge is 0.225 e. The van der Waals surface area contributed by atoms with Gasteiger partial charge in [-0.1, -0.05) is 44.2 Å². The van der Waals surface area contributed by atoms with Crippen LogP contribution in [0, 0.1) is 0 Å². The molecule has 1 aromatic carbocycles. The maximum absolute atomic E-state index is 12.4. The lowest BCUT2D eigenvalue weighted by Crippen LogP contribution is -2.45. The predicted molar refractivity (Wildman–Crippen MR) is 127 cm³/mol. The van der Waals surface area contributed by atoms with Gasteiger partial charge in [0.1, 0.15) is 0 Å². The van der Waals surface area contributed by atoms with Crippen molar-refractivity contribution in [2.24, 2.45) is 0 Å². The Morgan fingerprint density at radius 1 is 1.09 bits per heavy atom. The number of pyridine rings is 1. The molecule has 4 rings (SSSR count). The Hall–Kier alpha value is -3.28. The van der Waals surface area contributed by atoms with Crippen LogP contribution in [0.25, 0.3) is 11.1 Å². The van der Waals surface area contributed by atoms with Crippen LogP contribution in [0.15, 0.2) is 61.1 Å². The van der Waals surface area contributed by atoms with E-state index in [1.807, 2.05) is 36.5 Å². The first-order valence-electron chi connectivity index (χ1n) is 11.5. The summed E-state index contributed by atoms with van der Waals surface area (Å²) in [6.07, 6.45) is 8.65. The van der Waals surface area contributed by atoms with Gasteiger partial charge in [0.25, 0.3) is 0 Å². The van der Waals surface area contributed by atoms with Gasteiger partial charge in [-0.2, -0.15) is 0 Å². The second-order valence-corrected chi connectivity index (χ2v) is 8.67. The first-order valence-corrected chi connectivity index (χ1v) is 11.5. The molecule has 0 atom stereocenters. The van der Waals surface area contributed by atoms with E-state index in [9.17, 15) is 4.79 Å². The SMILES string of the molecule is CC(C)c1nc(N2CCC(NC(=O)CCc3ccccc3)CC2)ncc1-c1ccncc1. The maximum atomic E-state index is 12.4. The monoisotopic (exact) mass is 429 g/mol. The van der Waals surface area contributed by atoms with Crippen molar-refractivity contribution in [2.45, 2.75) is 51.5 Å². The highest BCUT2D eigenvalue weighted by atomic mass is 16.1. The standard InChI is InChI=1S/C26H31N5O/c1-19(2)25-23(21-10-14-27-15-11-21)18-28-26(30-25)31-16-12-22(13-17-31)29-24(32)9-8-20-6-4-3-5-7-20/h3-7,10-11,14-15,18-19,22H,8-9,12-13,16-17H2,1-2H3,(H,29,32). The van der Waals surface area contributed by atoms with Gasteiger partial charge >= 0.3 is 0 Å². The number of carbonyl (C=O) groups is 1. The molecule has 0 aliphatic carbocycles. The van der Waals surface area contributed by atoms with E-state index in [0.717, 1.165) is 55.1 Å². The Morgan fingerprint density at radius 2 is 1.81 bits per heavy atom. The average molecular weight is 430 g/mol. The average Bonchev–Trinajstić information content (AvgIpc) is 2.84. The fourth-order valence-corrected chi connectivity index (χ4v) is 4.16. The summed E-state index contributed by atoms with van der Waals surface area (Å²) in [5.41, 5.74) is 4.40. The van der Waals surface area contributed by atoms with E-state index in [4.69, 9.17) is 4.98 Å². The van der Waals surface area contributed by atoms with Gasteiger partial charge < -0.3 is 10.2 Å². The number of piperidine rings is 1. The number of hydrogen-bond donors (Lipinski definition) is 1. The molecule has 0 radical (unpaired) electrons. The van der Waals surface area contributed by atoms with Gasteiger partial charge in [0.15, 0.2) is 0 Å². The number of aryl methyl sites for hydroxylation is 1. The third kappa shape index (κ3) is 5.49. The number of anilines is 1. The zero-order valence-corrected chi connectivity index (χ0v) is 18.9. The molecule has 32 heavy (non-hydrogen) atoms. The molecule has 0 unspecified atom stereocenters. The molecular weight excluding hydrogens is 398 g/mol. The topological polar surface area (TPSA) is 71.0 Å². The highest BCUT2D eigenvalue weighted by Crippen LogP contribution is 2.29. The third-order valence-electron chi connectivity index (χ3n) is 5.97. The van der Waals surface area contributed by atoms with Gasteiger partial charge in [0.05, 0.1) is 5.69 Å². The number of amides is 1. The summed E-state index contributed by atoms with van der Waals surface area (Å²) in [4.78, 5) is 28.3. The number of rotatable bonds is 7. The Morgan fingerprint density at radius 3 is 2.50 bits per heavy atom. The molecule has 0 spiro atoms. The highest BCUT2D eigenvalue weighted by molar-refractivity contribution is 5.76. The first-order chi connectivity index (χ1) is 15.6. The van der Waals surface area contributed by atoms with Crippen molar-refractivity contribution in [3.63, 3.8) is 0 Å². The summed E-state index contributed by atoms with van der Waals surface area (Å²) in [7, 11) is 0. The van der Waals surface area contributed by atoms with Gasteiger partial charge in [-0.15, -0.1) is 0 Å². The lowest BCUT2D eigenvalue weighted by atomic mass is 10.00. The molecule has 6 heteroatoms. The van der Waals surface area contributed by atoms with Crippen molar-refractivity contribution < 1.29 is 4.79 Å². The van der Waals surface area contributed by atoms with E-state index < -0.39 is 0 Å². The Bertz CT molecular complexity index is 1010. The summed E-state index contributed by atoms with van der Waals surface area (Å²) >= 11 is 0. The number of hydrogen-bond acceptors (Lipinski definition) is 5. The summed E-state index contributed by atoms with van der Waals surface area (Å²) in [6.45, 7) is 6.01. The van der Waals surface area contributed by atoms with Crippen LogP contribution in [-0.2, 0) is 11.2 Å². The fourth-order valence-electron chi connectivity index (χ4n) is 4.16. The van der Waals surface area contributed by atoms with E-state index in [2.05, 4.69) is 46.2 Å². The minimum Gasteiger partial charge on any atom is -0.353 e. The lowest BCUT2D eigenvalue weighted by Gasteiger charge is -2.33. The van der Waals surface area contributed by atoms with Gasteiger partial charge in [0.2, 0.25) is 11.9 Å². The highest BCUT2D eigenvalue weighted by Gasteiger charge is 2.23. The first kappa shape index (κ1) is 21.9. The number of carbonyl (C=O) groups excluding carboxylic acids is 1. The molecule has 0 saturated carbocycles. The molecule has 3 aromatic rings. The predicted octanol–water partition coefficient (Wildman–Crippen LogP) is 4.38. The van der Waals surface area contributed by atoms with Gasteiger partial charge in [-0.25, -0.2) is 9.97 Å². The van der Waals surface area contributed by atoms with Crippen LogP contribution in [0.3, 0.4) is 0 Å². The molecule has 1 aliphatic heterocycles. The van der Waals surface area contributed by atoms with Crippen molar-refractivity contribution in [1.82, 2.24) is 20.3 Å². The van der Waals surface area contributed by atoms with Crippen LogP contribution in [0.4, 0.5) is 5.95 Å². The number of aromatic nitrogens is 3. The quantitative estimate of drug-likeness (QED) is 0.603. The molecule has 1 N–H and O–H groups in total. The molecule has 166 valence electrons.